The van der Waals surface area contributed by atoms with Gasteiger partial charge in [-0.1, -0.05) is 0 Å². The van der Waals surface area contributed by atoms with Gasteiger partial charge < -0.3 is 5.32 Å². The van der Waals surface area contributed by atoms with Crippen molar-refractivity contribution in [2.75, 3.05) is 18.6 Å². The van der Waals surface area contributed by atoms with Crippen molar-refractivity contribution in [1.82, 2.24) is 15.1 Å². The number of thioether (sulfide) groups is 1. The van der Waals surface area contributed by atoms with Gasteiger partial charge >= 0.3 is 0 Å². The normalized spacial score (nSPS) is 12.9. The third-order valence-electron chi connectivity index (χ3n) is 2.29. The summed E-state index contributed by atoms with van der Waals surface area (Å²) < 4.78 is 1.97. The van der Waals surface area contributed by atoms with E-state index in [2.05, 4.69) is 23.6 Å². The fourth-order valence-corrected chi connectivity index (χ4v) is 1.97. The fraction of sp³-hybridized carbons (Fsp3) is 0.727. The van der Waals surface area contributed by atoms with Gasteiger partial charge in [0.15, 0.2) is 0 Å². The maximum atomic E-state index is 4.19. The van der Waals surface area contributed by atoms with E-state index in [0.29, 0.717) is 6.04 Å². The van der Waals surface area contributed by atoms with Crippen LogP contribution in [-0.2, 0) is 6.54 Å². The molecule has 0 fully saturated rings. The Morgan fingerprint density at radius 2 is 2.33 bits per heavy atom. The monoisotopic (exact) mass is 227 g/mol. The lowest BCUT2D eigenvalue weighted by atomic mass is 10.3. The lowest BCUT2D eigenvalue weighted by Crippen LogP contribution is -2.31. The summed E-state index contributed by atoms with van der Waals surface area (Å²) in [5.74, 6) is 1.27. The second kappa shape index (κ2) is 7.77. The first-order chi connectivity index (χ1) is 7.33. The van der Waals surface area contributed by atoms with Gasteiger partial charge in [0.05, 0.1) is 6.54 Å². The van der Waals surface area contributed by atoms with Gasteiger partial charge in [-0.25, -0.2) is 0 Å². The Bertz CT molecular complexity index is 236. The Labute approximate surface area is 96.6 Å². The molecule has 0 aliphatic heterocycles. The maximum Gasteiger partial charge on any atom is 0.0559 e. The average Bonchev–Trinajstić information content (AvgIpc) is 2.70. The second-order valence-corrected chi connectivity index (χ2v) is 4.77. The summed E-state index contributed by atoms with van der Waals surface area (Å²) in [6.07, 6.45) is 8.57. The molecule has 1 aromatic rings. The zero-order chi connectivity index (χ0) is 10.9. The minimum Gasteiger partial charge on any atom is -0.312 e. The van der Waals surface area contributed by atoms with E-state index >= 15 is 0 Å². The van der Waals surface area contributed by atoms with Crippen LogP contribution < -0.4 is 5.32 Å². The maximum absolute atomic E-state index is 4.19. The summed E-state index contributed by atoms with van der Waals surface area (Å²) in [6, 6.07) is 2.46. The molecular weight excluding hydrogens is 206 g/mol. The zero-order valence-corrected chi connectivity index (χ0v) is 10.5. The van der Waals surface area contributed by atoms with Crippen LogP contribution in [0.25, 0.3) is 0 Å². The molecule has 0 aliphatic rings. The quantitative estimate of drug-likeness (QED) is 0.689. The molecule has 0 spiro atoms. The van der Waals surface area contributed by atoms with Gasteiger partial charge in [0.1, 0.15) is 0 Å². The van der Waals surface area contributed by atoms with Gasteiger partial charge in [-0.05, 0) is 44.4 Å². The number of unbranched alkanes of at least 4 members (excludes halogenated alkanes) is 1. The molecule has 3 nitrogen and oxygen atoms in total. The molecule has 0 aromatic carbocycles. The Morgan fingerprint density at radius 1 is 1.47 bits per heavy atom. The van der Waals surface area contributed by atoms with Gasteiger partial charge in [0.2, 0.25) is 0 Å². The molecular formula is C11H21N3S. The van der Waals surface area contributed by atoms with E-state index < -0.39 is 0 Å². The Kier molecular flexibility index (Phi) is 6.52. The van der Waals surface area contributed by atoms with Crippen LogP contribution in [0.4, 0.5) is 0 Å². The fourth-order valence-electron chi connectivity index (χ4n) is 1.47. The number of aromatic nitrogens is 2. The van der Waals surface area contributed by atoms with Crippen LogP contribution >= 0.6 is 11.8 Å². The highest BCUT2D eigenvalue weighted by atomic mass is 32.2. The molecule has 86 valence electrons. The molecule has 1 N–H and O–H groups in total. The Balaban J connectivity index is 2.01. The van der Waals surface area contributed by atoms with Crippen molar-refractivity contribution in [1.29, 1.82) is 0 Å². The summed E-state index contributed by atoms with van der Waals surface area (Å²) in [7, 11) is 0. The van der Waals surface area contributed by atoms with Gasteiger partial charge in [-0.15, -0.1) is 0 Å². The molecule has 1 aromatic heterocycles. The van der Waals surface area contributed by atoms with Crippen molar-refractivity contribution in [2.45, 2.75) is 32.4 Å². The minimum atomic E-state index is 0.499. The lowest BCUT2D eigenvalue weighted by Gasteiger charge is -2.13. The highest BCUT2D eigenvalue weighted by Crippen LogP contribution is 1.98. The van der Waals surface area contributed by atoms with Crippen molar-refractivity contribution in [2.24, 2.45) is 0 Å². The number of hydrogen-bond acceptors (Lipinski definition) is 3. The number of nitrogens with zero attached hydrogens (tertiary/aromatic N) is 2. The minimum absolute atomic E-state index is 0.499. The topological polar surface area (TPSA) is 29.9 Å². The summed E-state index contributed by atoms with van der Waals surface area (Å²) in [4.78, 5) is 0. The predicted octanol–water partition coefficient (Wildman–Crippen LogP) is 2.00. The van der Waals surface area contributed by atoms with Crippen LogP contribution in [0.15, 0.2) is 18.5 Å². The lowest BCUT2D eigenvalue weighted by molar-refractivity contribution is 0.447. The highest BCUT2D eigenvalue weighted by Gasteiger charge is 2.01. The van der Waals surface area contributed by atoms with Crippen LogP contribution in [0.3, 0.4) is 0 Å². The molecule has 15 heavy (non-hydrogen) atoms. The Hall–Kier alpha value is -0.480. The van der Waals surface area contributed by atoms with Crippen LogP contribution in [0.5, 0.6) is 0 Å². The largest absolute Gasteiger partial charge is 0.312 e. The average molecular weight is 227 g/mol. The first-order valence-corrected chi connectivity index (χ1v) is 6.92. The smallest absolute Gasteiger partial charge is 0.0559 e. The van der Waals surface area contributed by atoms with Crippen LogP contribution in [0, 0.1) is 0 Å². The Morgan fingerprint density at radius 3 is 3.00 bits per heavy atom. The number of hydrogen-bond donors (Lipinski definition) is 1. The first-order valence-electron chi connectivity index (χ1n) is 5.52. The summed E-state index contributed by atoms with van der Waals surface area (Å²) >= 11 is 1.92. The van der Waals surface area contributed by atoms with Crippen LogP contribution in [0.1, 0.15) is 19.8 Å². The number of nitrogens with one attached hydrogen (secondary N) is 1. The van der Waals surface area contributed by atoms with E-state index in [1.165, 1.54) is 18.6 Å². The van der Waals surface area contributed by atoms with Crippen LogP contribution in [0.2, 0.25) is 0 Å². The third kappa shape index (κ3) is 5.85. The molecule has 1 heterocycles. The van der Waals surface area contributed by atoms with E-state index in [1.807, 2.05) is 34.9 Å². The van der Waals surface area contributed by atoms with Crippen LogP contribution in [-0.4, -0.2) is 34.4 Å². The molecule has 4 heteroatoms. The van der Waals surface area contributed by atoms with Gasteiger partial charge in [-0.3, -0.25) is 4.68 Å². The summed E-state index contributed by atoms with van der Waals surface area (Å²) in [6.45, 7) is 4.27. The van der Waals surface area contributed by atoms with Crippen molar-refractivity contribution in [3.8, 4) is 0 Å². The summed E-state index contributed by atoms with van der Waals surface area (Å²) in [5, 5.41) is 7.70. The molecule has 1 rings (SSSR count). The van der Waals surface area contributed by atoms with Crippen molar-refractivity contribution in [3.63, 3.8) is 0 Å². The molecule has 0 saturated heterocycles. The van der Waals surface area contributed by atoms with Crippen molar-refractivity contribution >= 4 is 11.8 Å². The van der Waals surface area contributed by atoms with Gasteiger partial charge in [0, 0.05) is 18.4 Å². The third-order valence-corrected chi connectivity index (χ3v) is 2.99. The molecule has 0 amide bonds. The van der Waals surface area contributed by atoms with E-state index in [9.17, 15) is 0 Å². The predicted molar refractivity (Wildman–Crippen MR) is 67.3 cm³/mol. The summed E-state index contributed by atoms with van der Waals surface area (Å²) in [5.41, 5.74) is 0. The van der Waals surface area contributed by atoms with E-state index in [0.717, 1.165) is 13.1 Å². The highest BCUT2D eigenvalue weighted by molar-refractivity contribution is 7.98. The first kappa shape index (κ1) is 12.6. The SMILES string of the molecule is CSCCCCNC(C)Cn1cccn1. The van der Waals surface area contributed by atoms with Crippen molar-refractivity contribution in [3.05, 3.63) is 18.5 Å². The molecule has 0 radical (unpaired) electrons. The zero-order valence-electron chi connectivity index (χ0n) is 9.65. The van der Waals surface area contributed by atoms with Gasteiger partial charge in [-0.2, -0.15) is 16.9 Å². The second-order valence-electron chi connectivity index (χ2n) is 3.78. The molecule has 0 saturated carbocycles. The van der Waals surface area contributed by atoms with Crippen molar-refractivity contribution < 1.29 is 0 Å². The van der Waals surface area contributed by atoms with E-state index in [4.69, 9.17) is 0 Å². The molecule has 1 atom stereocenters. The number of rotatable bonds is 8. The van der Waals surface area contributed by atoms with Gasteiger partial charge in [0.25, 0.3) is 0 Å². The van der Waals surface area contributed by atoms with E-state index in [1.54, 1.807) is 0 Å². The molecule has 1 unspecified atom stereocenters. The molecule has 0 aliphatic carbocycles. The molecule has 0 bridgehead atoms. The van der Waals surface area contributed by atoms with E-state index in [-0.39, 0.29) is 0 Å². The standard InChI is InChI=1S/C11H21N3S/c1-11(10-14-8-5-7-13-14)12-6-3-4-9-15-2/h5,7-8,11-12H,3-4,6,9-10H2,1-2H3.